The third-order valence-corrected chi connectivity index (χ3v) is 6.17. The Kier molecular flexibility index (Phi) is 5.22. The molecule has 8 heteroatoms. The minimum absolute atomic E-state index is 0.101. The Balaban J connectivity index is 1.73. The van der Waals surface area contributed by atoms with Crippen LogP contribution < -0.4 is 10.2 Å². The van der Waals surface area contributed by atoms with Crippen molar-refractivity contribution in [1.29, 1.82) is 0 Å². The lowest BCUT2D eigenvalue weighted by Gasteiger charge is -2.27. The number of sulfone groups is 1. The number of benzene rings is 1. The number of pyridine rings is 1. The number of rotatable bonds is 5. The molecule has 1 N–H and O–H groups in total. The van der Waals surface area contributed by atoms with Gasteiger partial charge in [-0.25, -0.2) is 17.8 Å². The molecular weight excluding hydrogens is 357 g/mol. The third-order valence-electron chi connectivity index (χ3n) is 4.42. The quantitative estimate of drug-likeness (QED) is 0.866. The number of carbonyl (C=O) groups is 1. The molecule has 1 aliphatic heterocycles. The van der Waals surface area contributed by atoms with Crippen molar-refractivity contribution in [3.8, 4) is 0 Å². The van der Waals surface area contributed by atoms with Gasteiger partial charge in [0.1, 0.15) is 11.6 Å². The Bertz CT molecular complexity index is 900. The second-order valence-corrected chi connectivity index (χ2v) is 8.41. The van der Waals surface area contributed by atoms with Gasteiger partial charge in [-0.1, -0.05) is 12.1 Å². The molecule has 0 radical (unpaired) electrons. The maximum absolute atomic E-state index is 13.6. The standard InChI is InChI=1S/C18H20FN3O3S/c1-2-22(14-9-10-26(24,25)12-14)17-8-7-13(11-20-17)18(23)21-16-6-4-3-5-15(16)19/h3-8,11,14H,2,9-10,12H2,1H3,(H,21,23). The Morgan fingerprint density at radius 3 is 2.65 bits per heavy atom. The van der Waals surface area contributed by atoms with E-state index in [2.05, 4.69) is 10.3 Å². The summed E-state index contributed by atoms with van der Waals surface area (Å²) in [7, 11) is -2.99. The number of anilines is 2. The Morgan fingerprint density at radius 1 is 1.31 bits per heavy atom. The van der Waals surface area contributed by atoms with Gasteiger partial charge >= 0.3 is 0 Å². The summed E-state index contributed by atoms with van der Waals surface area (Å²) >= 11 is 0. The van der Waals surface area contributed by atoms with E-state index in [0.29, 0.717) is 24.3 Å². The van der Waals surface area contributed by atoms with Crippen molar-refractivity contribution < 1.29 is 17.6 Å². The predicted octanol–water partition coefficient (Wildman–Crippen LogP) is 2.49. The minimum atomic E-state index is -2.99. The molecule has 0 spiro atoms. The molecule has 1 saturated heterocycles. The summed E-state index contributed by atoms with van der Waals surface area (Å²) in [5.41, 5.74) is 0.403. The van der Waals surface area contributed by atoms with Crippen LogP contribution in [0.15, 0.2) is 42.6 Å². The van der Waals surface area contributed by atoms with Gasteiger partial charge in [0, 0.05) is 18.8 Å². The fraction of sp³-hybridized carbons (Fsp3) is 0.333. The molecule has 1 unspecified atom stereocenters. The van der Waals surface area contributed by atoms with Crippen LogP contribution in [0, 0.1) is 5.82 Å². The monoisotopic (exact) mass is 377 g/mol. The van der Waals surface area contributed by atoms with Crippen molar-refractivity contribution in [2.45, 2.75) is 19.4 Å². The zero-order valence-electron chi connectivity index (χ0n) is 14.4. The molecule has 1 aromatic carbocycles. The summed E-state index contributed by atoms with van der Waals surface area (Å²) in [4.78, 5) is 18.5. The SMILES string of the molecule is CCN(c1ccc(C(=O)Nc2ccccc2F)cn1)C1CCS(=O)(=O)C1. The highest BCUT2D eigenvalue weighted by Crippen LogP contribution is 2.23. The van der Waals surface area contributed by atoms with Gasteiger partial charge in [-0.2, -0.15) is 0 Å². The first-order chi connectivity index (χ1) is 12.4. The van der Waals surface area contributed by atoms with Crippen LogP contribution in [0.2, 0.25) is 0 Å². The molecule has 0 saturated carbocycles. The van der Waals surface area contributed by atoms with Crippen LogP contribution in [0.4, 0.5) is 15.9 Å². The number of halogens is 1. The van der Waals surface area contributed by atoms with Crippen LogP contribution in [0.25, 0.3) is 0 Å². The molecule has 3 rings (SSSR count). The maximum Gasteiger partial charge on any atom is 0.257 e. The number of carbonyl (C=O) groups excluding carboxylic acids is 1. The normalized spacial score (nSPS) is 18.5. The summed E-state index contributed by atoms with van der Waals surface area (Å²) in [6.07, 6.45) is 1.99. The second-order valence-electron chi connectivity index (χ2n) is 6.18. The summed E-state index contributed by atoms with van der Waals surface area (Å²) in [5.74, 6) is -0.0299. The number of nitrogens with one attached hydrogen (secondary N) is 1. The zero-order chi connectivity index (χ0) is 18.7. The Hall–Kier alpha value is -2.48. The minimum Gasteiger partial charge on any atom is -0.353 e. The molecule has 1 atom stereocenters. The number of aromatic nitrogens is 1. The molecule has 1 amide bonds. The second kappa shape index (κ2) is 7.41. The van der Waals surface area contributed by atoms with Crippen LogP contribution in [0.3, 0.4) is 0 Å². The first-order valence-corrected chi connectivity index (χ1v) is 10.2. The lowest BCUT2D eigenvalue weighted by molar-refractivity contribution is 0.102. The fourth-order valence-electron chi connectivity index (χ4n) is 3.08. The van der Waals surface area contributed by atoms with Gasteiger partial charge in [-0.3, -0.25) is 4.79 Å². The number of amides is 1. The number of hydrogen-bond acceptors (Lipinski definition) is 5. The van der Waals surface area contributed by atoms with Gasteiger partial charge in [-0.15, -0.1) is 0 Å². The molecule has 1 aliphatic rings. The average molecular weight is 377 g/mol. The molecule has 26 heavy (non-hydrogen) atoms. The molecule has 1 fully saturated rings. The van der Waals surface area contributed by atoms with Gasteiger partial charge in [-0.05, 0) is 37.6 Å². The van der Waals surface area contributed by atoms with E-state index in [1.165, 1.54) is 18.3 Å². The molecule has 0 bridgehead atoms. The van der Waals surface area contributed by atoms with Crippen LogP contribution in [0.5, 0.6) is 0 Å². The predicted molar refractivity (Wildman–Crippen MR) is 98.7 cm³/mol. The van der Waals surface area contributed by atoms with Crippen molar-refractivity contribution in [2.24, 2.45) is 0 Å². The van der Waals surface area contributed by atoms with E-state index in [9.17, 15) is 17.6 Å². The van der Waals surface area contributed by atoms with Crippen molar-refractivity contribution in [2.75, 3.05) is 28.3 Å². The van der Waals surface area contributed by atoms with E-state index >= 15 is 0 Å². The number of hydrogen-bond donors (Lipinski definition) is 1. The van der Waals surface area contributed by atoms with E-state index in [-0.39, 0.29) is 23.2 Å². The van der Waals surface area contributed by atoms with Crippen molar-refractivity contribution in [1.82, 2.24) is 4.98 Å². The lowest BCUT2D eigenvalue weighted by atomic mass is 10.2. The molecular formula is C18H20FN3O3S. The van der Waals surface area contributed by atoms with E-state index in [0.717, 1.165) is 0 Å². The fourth-order valence-corrected chi connectivity index (χ4v) is 4.81. The van der Waals surface area contributed by atoms with Gasteiger partial charge in [0.15, 0.2) is 9.84 Å². The van der Waals surface area contributed by atoms with E-state index in [4.69, 9.17) is 0 Å². The summed E-state index contributed by atoms with van der Waals surface area (Å²) in [6.45, 7) is 2.55. The number of para-hydroxylation sites is 1. The van der Waals surface area contributed by atoms with Gasteiger partial charge in [0.25, 0.3) is 5.91 Å². The summed E-state index contributed by atoms with van der Waals surface area (Å²) in [6, 6.07) is 9.12. The Morgan fingerprint density at radius 2 is 2.08 bits per heavy atom. The zero-order valence-corrected chi connectivity index (χ0v) is 15.2. The Labute approximate surface area is 152 Å². The van der Waals surface area contributed by atoms with Crippen molar-refractivity contribution >= 4 is 27.2 Å². The first kappa shape index (κ1) is 18.3. The highest BCUT2D eigenvalue weighted by Gasteiger charge is 2.32. The summed E-state index contributed by atoms with van der Waals surface area (Å²) in [5, 5.41) is 2.51. The molecule has 0 aliphatic carbocycles. The van der Waals surface area contributed by atoms with E-state index in [1.54, 1.807) is 24.3 Å². The van der Waals surface area contributed by atoms with E-state index < -0.39 is 21.6 Å². The smallest absolute Gasteiger partial charge is 0.257 e. The molecule has 6 nitrogen and oxygen atoms in total. The largest absolute Gasteiger partial charge is 0.353 e. The van der Waals surface area contributed by atoms with Crippen LogP contribution in [-0.4, -0.2) is 43.4 Å². The van der Waals surface area contributed by atoms with Crippen molar-refractivity contribution in [3.05, 3.63) is 54.0 Å². The first-order valence-electron chi connectivity index (χ1n) is 8.38. The highest BCUT2D eigenvalue weighted by atomic mass is 32.2. The molecule has 138 valence electrons. The third kappa shape index (κ3) is 4.01. The number of nitrogens with zero attached hydrogens (tertiary/aromatic N) is 2. The lowest BCUT2D eigenvalue weighted by Crippen LogP contribution is -2.36. The highest BCUT2D eigenvalue weighted by molar-refractivity contribution is 7.91. The molecule has 1 aromatic heterocycles. The molecule has 2 heterocycles. The van der Waals surface area contributed by atoms with Gasteiger partial charge in [0.2, 0.25) is 0 Å². The van der Waals surface area contributed by atoms with Crippen LogP contribution >= 0.6 is 0 Å². The maximum atomic E-state index is 13.6. The van der Waals surface area contributed by atoms with Crippen LogP contribution in [0.1, 0.15) is 23.7 Å². The van der Waals surface area contributed by atoms with E-state index in [1.807, 2.05) is 11.8 Å². The van der Waals surface area contributed by atoms with Crippen LogP contribution in [-0.2, 0) is 9.84 Å². The average Bonchev–Trinajstić information content (AvgIpc) is 2.98. The topological polar surface area (TPSA) is 79.4 Å². The molecule has 2 aromatic rings. The van der Waals surface area contributed by atoms with Gasteiger partial charge in [0.05, 0.1) is 22.8 Å². The summed E-state index contributed by atoms with van der Waals surface area (Å²) < 4.78 is 37.0. The van der Waals surface area contributed by atoms with Gasteiger partial charge < -0.3 is 10.2 Å². The van der Waals surface area contributed by atoms with Crippen molar-refractivity contribution in [3.63, 3.8) is 0 Å².